The van der Waals surface area contributed by atoms with Gasteiger partial charge in [0.15, 0.2) is 11.6 Å². The lowest BCUT2D eigenvalue weighted by atomic mass is 10.2. The van der Waals surface area contributed by atoms with E-state index in [0.29, 0.717) is 11.4 Å². The van der Waals surface area contributed by atoms with Gasteiger partial charge in [-0.25, -0.2) is 19.3 Å². The third-order valence-corrected chi connectivity index (χ3v) is 2.90. The zero-order chi connectivity index (χ0) is 16.9. The van der Waals surface area contributed by atoms with Crippen molar-refractivity contribution in [3.05, 3.63) is 66.4 Å². The molecular formula is C16H12FN5O2. The van der Waals surface area contributed by atoms with Gasteiger partial charge in [0, 0.05) is 17.8 Å². The topological polar surface area (TPSA) is 89.9 Å². The largest absolute Gasteiger partial charge is 0.454 e. The first kappa shape index (κ1) is 15.5. The highest BCUT2D eigenvalue weighted by Crippen LogP contribution is 2.23. The third-order valence-electron chi connectivity index (χ3n) is 2.90. The lowest BCUT2D eigenvalue weighted by Gasteiger charge is -2.08. The molecular weight excluding hydrogens is 313 g/mol. The highest BCUT2D eigenvalue weighted by molar-refractivity contribution is 6.03. The maximum Gasteiger partial charge on any atom is 0.257 e. The molecule has 7 nitrogen and oxygen atoms in total. The number of nitrogens with zero attached hydrogens (tertiary/aromatic N) is 4. The molecule has 0 radical (unpaired) electrons. The van der Waals surface area contributed by atoms with E-state index in [1.54, 1.807) is 13.1 Å². The van der Waals surface area contributed by atoms with Crippen molar-refractivity contribution in [1.29, 1.82) is 0 Å². The lowest BCUT2D eigenvalue weighted by Crippen LogP contribution is -2.14. The Bertz CT molecular complexity index is 873. The van der Waals surface area contributed by atoms with Gasteiger partial charge in [-0.2, -0.15) is 0 Å². The number of rotatable bonds is 4. The molecule has 24 heavy (non-hydrogen) atoms. The highest BCUT2D eigenvalue weighted by atomic mass is 19.1. The molecule has 1 amide bonds. The van der Waals surface area contributed by atoms with Crippen LogP contribution in [-0.4, -0.2) is 25.8 Å². The summed E-state index contributed by atoms with van der Waals surface area (Å²) in [6.45, 7) is 1.75. The van der Waals surface area contributed by atoms with Gasteiger partial charge in [0.05, 0.1) is 24.3 Å². The van der Waals surface area contributed by atoms with Crippen LogP contribution in [0.25, 0.3) is 0 Å². The Kier molecular flexibility index (Phi) is 4.37. The van der Waals surface area contributed by atoms with Gasteiger partial charge in [0.1, 0.15) is 17.9 Å². The average molecular weight is 325 g/mol. The molecule has 1 N–H and O–H groups in total. The molecule has 0 unspecified atom stereocenters. The summed E-state index contributed by atoms with van der Waals surface area (Å²) >= 11 is 0. The van der Waals surface area contributed by atoms with Crippen LogP contribution in [0.4, 0.5) is 10.2 Å². The minimum Gasteiger partial charge on any atom is -0.454 e. The summed E-state index contributed by atoms with van der Waals surface area (Å²) in [7, 11) is 0. The molecule has 3 aromatic rings. The van der Waals surface area contributed by atoms with E-state index in [1.165, 1.54) is 31.0 Å². The minimum absolute atomic E-state index is 0.0881. The Morgan fingerprint density at radius 1 is 1.04 bits per heavy atom. The molecule has 0 fully saturated rings. The van der Waals surface area contributed by atoms with E-state index >= 15 is 0 Å². The smallest absolute Gasteiger partial charge is 0.257 e. The van der Waals surface area contributed by atoms with E-state index in [0.717, 1.165) is 12.1 Å². The quantitative estimate of drug-likeness (QED) is 0.793. The first-order chi connectivity index (χ1) is 11.6. The van der Waals surface area contributed by atoms with Crippen LogP contribution in [0, 0.1) is 12.7 Å². The number of hydrogen-bond donors (Lipinski definition) is 1. The number of carbonyl (C=O) groups is 1. The number of aromatic nitrogens is 4. The third kappa shape index (κ3) is 3.86. The predicted molar refractivity (Wildman–Crippen MR) is 83.2 cm³/mol. The zero-order valence-electron chi connectivity index (χ0n) is 12.6. The maximum atomic E-state index is 13.8. The van der Waals surface area contributed by atoms with Crippen LogP contribution in [0.3, 0.4) is 0 Å². The molecule has 0 aliphatic heterocycles. The first-order valence-electron chi connectivity index (χ1n) is 6.93. The number of ether oxygens (including phenoxy) is 1. The van der Waals surface area contributed by atoms with Crippen molar-refractivity contribution in [3.8, 4) is 11.5 Å². The van der Waals surface area contributed by atoms with E-state index in [-0.39, 0.29) is 17.1 Å². The molecule has 0 saturated heterocycles. The van der Waals surface area contributed by atoms with Crippen molar-refractivity contribution >= 4 is 11.7 Å². The molecule has 0 saturated carbocycles. The predicted octanol–water partition coefficient (Wildman–Crippen LogP) is 2.76. The van der Waals surface area contributed by atoms with Crippen molar-refractivity contribution in [1.82, 2.24) is 19.9 Å². The number of benzene rings is 1. The Morgan fingerprint density at radius 3 is 2.58 bits per heavy atom. The van der Waals surface area contributed by atoms with Gasteiger partial charge >= 0.3 is 0 Å². The summed E-state index contributed by atoms with van der Waals surface area (Å²) in [5.74, 6) is -0.360. The van der Waals surface area contributed by atoms with Crippen LogP contribution in [-0.2, 0) is 0 Å². The SMILES string of the molecule is Cc1cncc(NC(=O)c2cc(F)cc(Oc3cncnc3)c2)n1. The van der Waals surface area contributed by atoms with Crippen molar-refractivity contribution in [2.45, 2.75) is 6.92 Å². The van der Waals surface area contributed by atoms with Gasteiger partial charge < -0.3 is 10.1 Å². The summed E-state index contributed by atoms with van der Waals surface area (Å²) in [6.07, 6.45) is 7.18. The fourth-order valence-corrected chi connectivity index (χ4v) is 1.94. The molecule has 1 aromatic carbocycles. The van der Waals surface area contributed by atoms with Crippen LogP contribution in [0.1, 0.15) is 16.1 Å². The molecule has 8 heteroatoms. The molecule has 0 bridgehead atoms. The van der Waals surface area contributed by atoms with E-state index in [2.05, 4.69) is 25.3 Å². The zero-order valence-corrected chi connectivity index (χ0v) is 12.6. The molecule has 3 rings (SSSR count). The van der Waals surface area contributed by atoms with Gasteiger partial charge in [0.2, 0.25) is 0 Å². The summed E-state index contributed by atoms with van der Waals surface area (Å²) < 4.78 is 19.2. The first-order valence-corrected chi connectivity index (χ1v) is 6.93. The average Bonchev–Trinajstić information content (AvgIpc) is 2.55. The van der Waals surface area contributed by atoms with Crippen molar-refractivity contribution < 1.29 is 13.9 Å². The second-order valence-electron chi connectivity index (χ2n) is 4.85. The summed E-state index contributed by atoms with van der Waals surface area (Å²) in [6, 6.07) is 3.68. The van der Waals surface area contributed by atoms with Gasteiger partial charge in [-0.15, -0.1) is 0 Å². The van der Waals surface area contributed by atoms with Crippen molar-refractivity contribution in [2.24, 2.45) is 0 Å². The van der Waals surface area contributed by atoms with Crippen molar-refractivity contribution in [3.63, 3.8) is 0 Å². The fourth-order valence-electron chi connectivity index (χ4n) is 1.94. The lowest BCUT2D eigenvalue weighted by molar-refractivity contribution is 0.102. The Hall–Kier alpha value is -3.42. The number of aryl methyl sites for hydroxylation is 1. The Labute approximate surface area is 136 Å². The second-order valence-corrected chi connectivity index (χ2v) is 4.85. The van der Waals surface area contributed by atoms with Crippen LogP contribution < -0.4 is 10.1 Å². The number of carbonyl (C=O) groups excluding carboxylic acids is 1. The summed E-state index contributed by atoms with van der Waals surface area (Å²) in [5.41, 5.74) is 0.741. The van der Waals surface area contributed by atoms with Crippen LogP contribution >= 0.6 is 0 Å². The highest BCUT2D eigenvalue weighted by Gasteiger charge is 2.11. The normalized spacial score (nSPS) is 10.2. The molecule has 2 heterocycles. The molecule has 120 valence electrons. The van der Waals surface area contributed by atoms with E-state index in [4.69, 9.17) is 4.74 Å². The molecule has 0 aliphatic rings. The van der Waals surface area contributed by atoms with Gasteiger partial charge in [-0.05, 0) is 19.1 Å². The van der Waals surface area contributed by atoms with Crippen LogP contribution in [0.2, 0.25) is 0 Å². The summed E-state index contributed by atoms with van der Waals surface area (Å²) in [4.78, 5) is 27.9. The molecule has 0 aliphatic carbocycles. The molecule has 0 atom stereocenters. The number of hydrogen-bond acceptors (Lipinski definition) is 6. The number of anilines is 1. The maximum absolute atomic E-state index is 13.8. The van der Waals surface area contributed by atoms with Gasteiger partial charge in [-0.1, -0.05) is 0 Å². The van der Waals surface area contributed by atoms with E-state index < -0.39 is 11.7 Å². The van der Waals surface area contributed by atoms with E-state index in [1.807, 2.05) is 0 Å². The molecule has 0 spiro atoms. The number of halogens is 1. The van der Waals surface area contributed by atoms with E-state index in [9.17, 15) is 9.18 Å². The second kappa shape index (κ2) is 6.78. The Morgan fingerprint density at radius 2 is 1.83 bits per heavy atom. The molecule has 2 aromatic heterocycles. The number of amides is 1. The summed E-state index contributed by atoms with van der Waals surface area (Å²) in [5, 5.41) is 2.56. The van der Waals surface area contributed by atoms with Crippen LogP contribution in [0.5, 0.6) is 11.5 Å². The Balaban J connectivity index is 1.81. The fraction of sp³-hybridized carbons (Fsp3) is 0.0625. The monoisotopic (exact) mass is 325 g/mol. The van der Waals surface area contributed by atoms with Gasteiger partial charge in [-0.3, -0.25) is 9.78 Å². The van der Waals surface area contributed by atoms with Crippen LogP contribution in [0.15, 0.2) is 49.3 Å². The minimum atomic E-state index is -0.607. The van der Waals surface area contributed by atoms with Gasteiger partial charge in [0.25, 0.3) is 5.91 Å². The standard InChI is InChI=1S/C16H12FN5O2/c1-10-5-18-8-15(21-10)22-16(23)11-2-12(17)4-13(3-11)24-14-6-19-9-20-7-14/h2-9H,1H3,(H,21,22,23). The van der Waals surface area contributed by atoms with Crippen molar-refractivity contribution in [2.75, 3.05) is 5.32 Å². The number of nitrogens with one attached hydrogen (secondary N) is 1.